The third-order valence-corrected chi connectivity index (χ3v) is 7.49. The standard InChI is InChI=1S/C30H33F3N4O2.2ClH/c1-20-2-5-23(35-30(38)37-14-10-34-11-15-37)16-25(20)22-8-12-36(13-9-22)19-21-3-6-24(7-4-21)39-29-18-27(32)26(31)17-28(29)33;;/h2-7,16-18,22,34H,8-15,19H2,1H3,(H,35,38);2*1H. The number of likely N-dealkylation sites (tertiary alicyclic amines) is 1. The molecule has 0 spiro atoms. The first-order valence-corrected chi connectivity index (χ1v) is 13.4. The van der Waals surface area contributed by atoms with Crippen molar-refractivity contribution in [1.29, 1.82) is 0 Å². The summed E-state index contributed by atoms with van der Waals surface area (Å²) in [5.41, 5.74) is 4.45. The number of nitrogens with one attached hydrogen (secondary N) is 2. The summed E-state index contributed by atoms with van der Waals surface area (Å²) in [5.74, 6) is -2.94. The van der Waals surface area contributed by atoms with Gasteiger partial charge < -0.3 is 20.3 Å². The van der Waals surface area contributed by atoms with Crippen molar-refractivity contribution in [2.75, 3.05) is 44.6 Å². The smallest absolute Gasteiger partial charge is 0.321 e. The number of anilines is 1. The average Bonchev–Trinajstić information content (AvgIpc) is 2.95. The van der Waals surface area contributed by atoms with Crippen LogP contribution in [-0.4, -0.2) is 55.1 Å². The highest BCUT2D eigenvalue weighted by molar-refractivity contribution is 5.89. The van der Waals surface area contributed by atoms with Gasteiger partial charge >= 0.3 is 6.03 Å². The molecule has 6 nitrogen and oxygen atoms in total. The fourth-order valence-corrected chi connectivity index (χ4v) is 5.26. The average molecular weight is 612 g/mol. The second-order valence-corrected chi connectivity index (χ2v) is 10.2. The van der Waals surface area contributed by atoms with Crippen molar-refractivity contribution in [3.63, 3.8) is 0 Å². The molecule has 0 saturated carbocycles. The van der Waals surface area contributed by atoms with Gasteiger partial charge in [-0.3, -0.25) is 4.90 Å². The first-order chi connectivity index (χ1) is 18.9. The first kappa shape index (κ1) is 32.5. The summed E-state index contributed by atoms with van der Waals surface area (Å²) >= 11 is 0. The minimum absolute atomic E-state index is 0. The number of rotatable bonds is 6. The van der Waals surface area contributed by atoms with Crippen LogP contribution in [0.4, 0.5) is 23.7 Å². The maximum absolute atomic E-state index is 13.9. The number of halogens is 5. The first-order valence-electron chi connectivity index (χ1n) is 13.4. The Hall–Kier alpha value is -2.98. The van der Waals surface area contributed by atoms with E-state index in [1.165, 1.54) is 11.1 Å². The molecule has 2 aliphatic heterocycles. The molecule has 0 radical (unpaired) electrons. The van der Waals surface area contributed by atoms with Gasteiger partial charge in [0.05, 0.1) is 0 Å². The Kier molecular flexibility index (Phi) is 11.7. The van der Waals surface area contributed by atoms with E-state index in [1.807, 2.05) is 23.1 Å². The number of carbonyl (C=O) groups excluding carboxylic acids is 1. The van der Waals surface area contributed by atoms with E-state index in [-0.39, 0.29) is 36.6 Å². The van der Waals surface area contributed by atoms with Crippen LogP contribution in [0.1, 0.15) is 35.4 Å². The van der Waals surface area contributed by atoms with E-state index in [9.17, 15) is 18.0 Å². The van der Waals surface area contributed by atoms with Crippen molar-refractivity contribution < 1.29 is 22.7 Å². The predicted octanol–water partition coefficient (Wildman–Crippen LogP) is 6.86. The minimum Gasteiger partial charge on any atom is -0.454 e. The molecular weight excluding hydrogens is 576 g/mol. The number of nitrogens with zero attached hydrogens (tertiary/aromatic N) is 2. The molecule has 2 amide bonds. The van der Waals surface area contributed by atoms with Crippen LogP contribution in [0.25, 0.3) is 0 Å². The molecule has 0 atom stereocenters. The highest BCUT2D eigenvalue weighted by Gasteiger charge is 2.23. The zero-order chi connectivity index (χ0) is 27.4. The molecule has 3 aromatic rings. The van der Waals surface area contributed by atoms with Gasteiger partial charge in [-0.15, -0.1) is 24.8 Å². The Labute approximate surface area is 251 Å². The molecule has 2 N–H and O–H groups in total. The van der Waals surface area contributed by atoms with Crippen molar-refractivity contribution in [1.82, 2.24) is 15.1 Å². The number of urea groups is 1. The summed E-state index contributed by atoms with van der Waals surface area (Å²) in [6, 6.07) is 14.5. The monoisotopic (exact) mass is 610 g/mol. The lowest BCUT2D eigenvalue weighted by molar-refractivity contribution is 0.203. The summed E-state index contributed by atoms with van der Waals surface area (Å²) in [4.78, 5) is 16.9. The summed E-state index contributed by atoms with van der Waals surface area (Å²) in [6.45, 7) is 7.85. The SMILES string of the molecule is Cc1ccc(NC(=O)N2CCNCC2)cc1C1CCN(Cc2ccc(Oc3cc(F)c(F)cc3F)cc2)CC1.Cl.Cl. The summed E-state index contributed by atoms with van der Waals surface area (Å²) in [7, 11) is 0. The maximum atomic E-state index is 13.9. The Balaban J connectivity index is 0.00000231. The van der Waals surface area contributed by atoms with Crippen molar-refractivity contribution in [2.24, 2.45) is 0 Å². The molecule has 0 aliphatic carbocycles. The molecule has 2 saturated heterocycles. The van der Waals surface area contributed by atoms with Crippen LogP contribution in [0.2, 0.25) is 0 Å². The molecule has 5 rings (SSSR count). The lowest BCUT2D eigenvalue weighted by atomic mass is 9.86. The largest absolute Gasteiger partial charge is 0.454 e. The Morgan fingerprint density at radius 3 is 2.24 bits per heavy atom. The van der Waals surface area contributed by atoms with Crippen molar-refractivity contribution in [3.8, 4) is 11.5 Å². The molecule has 2 heterocycles. The van der Waals surface area contributed by atoms with E-state index in [1.54, 1.807) is 12.1 Å². The number of amides is 2. The molecule has 222 valence electrons. The summed E-state index contributed by atoms with van der Waals surface area (Å²) in [5, 5.41) is 6.33. The minimum atomic E-state index is -1.25. The number of carbonyl (C=O) groups is 1. The Bertz CT molecular complexity index is 1320. The quantitative estimate of drug-likeness (QED) is 0.299. The highest BCUT2D eigenvalue weighted by Crippen LogP contribution is 2.33. The lowest BCUT2D eigenvalue weighted by Gasteiger charge is -2.33. The number of ether oxygens (including phenoxy) is 1. The van der Waals surface area contributed by atoms with Gasteiger partial charge in [0.15, 0.2) is 23.2 Å². The zero-order valence-corrected chi connectivity index (χ0v) is 24.4. The highest BCUT2D eigenvalue weighted by atomic mass is 35.5. The van der Waals surface area contributed by atoms with Gasteiger partial charge in [0.1, 0.15) is 5.75 Å². The van der Waals surface area contributed by atoms with Crippen LogP contribution in [0.5, 0.6) is 11.5 Å². The van der Waals surface area contributed by atoms with Gasteiger partial charge in [0.25, 0.3) is 0 Å². The number of piperazine rings is 1. The number of benzene rings is 3. The molecule has 41 heavy (non-hydrogen) atoms. The fourth-order valence-electron chi connectivity index (χ4n) is 5.26. The van der Waals surface area contributed by atoms with E-state index in [0.29, 0.717) is 36.9 Å². The number of hydrogen-bond donors (Lipinski definition) is 2. The Morgan fingerprint density at radius 2 is 1.56 bits per heavy atom. The van der Waals surface area contributed by atoms with Crippen molar-refractivity contribution in [3.05, 3.63) is 88.7 Å². The summed E-state index contributed by atoms with van der Waals surface area (Å²) < 4.78 is 45.9. The molecule has 0 bridgehead atoms. The van der Waals surface area contributed by atoms with Gasteiger partial charge in [-0.25, -0.2) is 18.0 Å². The molecule has 2 aliphatic rings. The van der Waals surface area contributed by atoms with E-state index in [2.05, 4.69) is 34.6 Å². The van der Waals surface area contributed by atoms with Crippen LogP contribution in [0.3, 0.4) is 0 Å². The fraction of sp³-hybridized carbons (Fsp3) is 0.367. The second kappa shape index (κ2) is 14.8. The summed E-state index contributed by atoms with van der Waals surface area (Å²) in [6.07, 6.45) is 2.04. The zero-order valence-electron chi connectivity index (χ0n) is 22.8. The Morgan fingerprint density at radius 1 is 0.902 bits per heavy atom. The number of piperidine rings is 1. The number of hydrogen-bond acceptors (Lipinski definition) is 4. The van der Waals surface area contributed by atoms with Crippen LogP contribution < -0.4 is 15.4 Å². The molecule has 11 heteroatoms. The van der Waals surface area contributed by atoms with Crippen LogP contribution in [0, 0.1) is 24.4 Å². The van der Waals surface area contributed by atoms with E-state index in [0.717, 1.165) is 56.8 Å². The predicted molar refractivity (Wildman–Crippen MR) is 159 cm³/mol. The second-order valence-electron chi connectivity index (χ2n) is 10.2. The van der Waals surface area contributed by atoms with Gasteiger partial charge in [0, 0.05) is 50.5 Å². The third-order valence-electron chi connectivity index (χ3n) is 7.49. The van der Waals surface area contributed by atoms with Gasteiger partial charge in [0.2, 0.25) is 0 Å². The molecule has 2 fully saturated rings. The van der Waals surface area contributed by atoms with Gasteiger partial charge in [-0.1, -0.05) is 18.2 Å². The van der Waals surface area contributed by atoms with E-state index >= 15 is 0 Å². The lowest BCUT2D eigenvalue weighted by Crippen LogP contribution is -2.48. The van der Waals surface area contributed by atoms with Gasteiger partial charge in [-0.2, -0.15) is 0 Å². The number of aryl methyl sites for hydroxylation is 1. The van der Waals surface area contributed by atoms with Crippen molar-refractivity contribution >= 4 is 36.5 Å². The molecule has 0 aromatic heterocycles. The van der Waals surface area contributed by atoms with Crippen LogP contribution in [-0.2, 0) is 6.54 Å². The van der Waals surface area contributed by atoms with Crippen LogP contribution >= 0.6 is 24.8 Å². The van der Waals surface area contributed by atoms with Crippen LogP contribution in [0.15, 0.2) is 54.6 Å². The molecular formula is C30H35Cl2F3N4O2. The van der Waals surface area contributed by atoms with E-state index < -0.39 is 17.5 Å². The van der Waals surface area contributed by atoms with Gasteiger partial charge in [-0.05, 0) is 79.7 Å². The molecule has 0 unspecified atom stereocenters. The van der Waals surface area contributed by atoms with E-state index in [4.69, 9.17) is 4.74 Å². The third kappa shape index (κ3) is 8.29. The normalized spacial score (nSPS) is 16.0. The topological polar surface area (TPSA) is 56.8 Å². The molecule has 3 aromatic carbocycles. The van der Waals surface area contributed by atoms with Crippen molar-refractivity contribution in [2.45, 2.75) is 32.2 Å². The maximum Gasteiger partial charge on any atom is 0.321 e.